The lowest BCUT2D eigenvalue weighted by Gasteiger charge is -2.12. The summed E-state index contributed by atoms with van der Waals surface area (Å²) in [6.45, 7) is 0. The maximum atomic E-state index is 11.9. The van der Waals surface area contributed by atoms with Crippen molar-refractivity contribution in [3.8, 4) is 11.3 Å². The minimum Gasteiger partial charge on any atom is -0.422 e. The molecule has 0 radical (unpaired) electrons. The second kappa shape index (κ2) is 4.81. The van der Waals surface area contributed by atoms with E-state index in [4.69, 9.17) is 4.42 Å². The Bertz CT molecular complexity index is 805. The highest BCUT2D eigenvalue weighted by Crippen LogP contribution is 2.23. The predicted octanol–water partition coefficient (Wildman–Crippen LogP) is 2.92. The Kier molecular flexibility index (Phi) is 2.99. The molecule has 0 fully saturated rings. The Hall–Kier alpha value is -2.62. The molecule has 0 aliphatic carbocycles. The van der Waals surface area contributed by atoms with Crippen LogP contribution in [0.1, 0.15) is 0 Å². The van der Waals surface area contributed by atoms with E-state index in [1.165, 1.54) is 0 Å². The van der Waals surface area contributed by atoms with E-state index in [9.17, 15) is 4.79 Å². The smallest absolute Gasteiger partial charge is 0.345 e. The third kappa shape index (κ3) is 2.16. The van der Waals surface area contributed by atoms with E-state index in [2.05, 4.69) is 4.98 Å². The number of hydrogen-bond acceptors (Lipinski definition) is 4. The molecular weight excluding hydrogens is 252 g/mol. The summed E-state index contributed by atoms with van der Waals surface area (Å²) < 4.78 is 5.37. The fraction of sp³-hybridized carbons (Fsp3) is 0.125. The first-order valence-electron chi connectivity index (χ1n) is 6.32. The number of fused-ring (bicyclic) bond motifs is 1. The van der Waals surface area contributed by atoms with Crippen LogP contribution >= 0.6 is 0 Å². The highest BCUT2D eigenvalue weighted by atomic mass is 16.4. The summed E-state index contributed by atoms with van der Waals surface area (Å²) in [5, 5.41) is 0.501. The van der Waals surface area contributed by atoms with Crippen molar-refractivity contribution in [3.05, 3.63) is 59.1 Å². The van der Waals surface area contributed by atoms with Gasteiger partial charge in [-0.2, -0.15) is 0 Å². The molecule has 3 aromatic rings. The lowest BCUT2D eigenvalue weighted by Crippen LogP contribution is -2.08. The summed E-state index contributed by atoms with van der Waals surface area (Å²) in [5.41, 5.74) is 2.24. The van der Waals surface area contributed by atoms with Crippen molar-refractivity contribution in [2.45, 2.75) is 0 Å². The molecule has 0 atom stereocenters. The normalized spacial score (nSPS) is 10.7. The monoisotopic (exact) mass is 266 g/mol. The molecule has 20 heavy (non-hydrogen) atoms. The van der Waals surface area contributed by atoms with Gasteiger partial charge in [0.25, 0.3) is 0 Å². The van der Waals surface area contributed by atoms with Gasteiger partial charge in [-0.1, -0.05) is 0 Å². The van der Waals surface area contributed by atoms with Crippen LogP contribution in [0, 0.1) is 0 Å². The zero-order valence-corrected chi connectivity index (χ0v) is 11.3. The predicted molar refractivity (Wildman–Crippen MR) is 80.0 cm³/mol. The van der Waals surface area contributed by atoms with Crippen molar-refractivity contribution in [1.82, 2.24) is 4.98 Å². The van der Waals surface area contributed by atoms with Crippen LogP contribution in [0.5, 0.6) is 0 Å². The van der Waals surface area contributed by atoms with Crippen molar-refractivity contribution in [2.75, 3.05) is 19.0 Å². The van der Waals surface area contributed by atoms with E-state index in [1.807, 2.05) is 43.3 Å². The number of anilines is 1. The SMILES string of the molecule is CN(C)c1ccc(-c2cc3ncccc3c(=O)o2)cc1. The van der Waals surface area contributed by atoms with Gasteiger partial charge in [0.2, 0.25) is 0 Å². The zero-order valence-electron chi connectivity index (χ0n) is 11.3. The first-order chi connectivity index (χ1) is 9.65. The number of hydrogen-bond donors (Lipinski definition) is 0. The van der Waals surface area contributed by atoms with Gasteiger partial charge in [0.05, 0.1) is 10.9 Å². The Balaban J connectivity index is 2.12. The Labute approximate surface area is 116 Å². The van der Waals surface area contributed by atoms with Gasteiger partial charge in [0.15, 0.2) is 0 Å². The number of rotatable bonds is 2. The molecular formula is C16H14N2O2. The molecule has 100 valence electrons. The van der Waals surface area contributed by atoms with Crippen LogP contribution in [0.2, 0.25) is 0 Å². The van der Waals surface area contributed by atoms with E-state index in [-0.39, 0.29) is 5.63 Å². The molecule has 2 heterocycles. The van der Waals surface area contributed by atoms with E-state index >= 15 is 0 Å². The minimum atomic E-state index is -0.359. The molecule has 0 saturated carbocycles. The van der Waals surface area contributed by atoms with Crippen molar-refractivity contribution in [1.29, 1.82) is 0 Å². The Morgan fingerprint density at radius 2 is 1.85 bits per heavy atom. The van der Waals surface area contributed by atoms with Crippen molar-refractivity contribution < 1.29 is 4.42 Å². The maximum absolute atomic E-state index is 11.9. The van der Waals surface area contributed by atoms with Gasteiger partial charge < -0.3 is 9.32 Å². The van der Waals surface area contributed by atoms with Gasteiger partial charge in [-0.3, -0.25) is 4.98 Å². The highest BCUT2D eigenvalue weighted by Gasteiger charge is 2.07. The highest BCUT2D eigenvalue weighted by molar-refractivity contribution is 5.80. The minimum absolute atomic E-state index is 0.359. The summed E-state index contributed by atoms with van der Waals surface area (Å²) in [7, 11) is 3.96. The van der Waals surface area contributed by atoms with Gasteiger partial charge >= 0.3 is 5.63 Å². The van der Waals surface area contributed by atoms with E-state index in [0.29, 0.717) is 16.7 Å². The second-order valence-corrected chi connectivity index (χ2v) is 4.78. The summed E-state index contributed by atoms with van der Waals surface area (Å²) >= 11 is 0. The molecule has 2 aromatic heterocycles. The quantitative estimate of drug-likeness (QED) is 0.715. The first-order valence-corrected chi connectivity index (χ1v) is 6.32. The Morgan fingerprint density at radius 1 is 1.10 bits per heavy atom. The van der Waals surface area contributed by atoms with Crippen LogP contribution in [0.4, 0.5) is 5.69 Å². The van der Waals surface area contributed by atoms with Crippen LogP contribution in [0.3, 0.4) is 0 Å². The van der Waals surface area contributed by atoms with Gasteiger partial charge in [0.1, 0.15) is 5.76 Å². The largest absolute Gasteiger partial charge is 0.422 e. The maximum Gasteiger partial charge on any atom is 0.345 e. The van der Waals surface area contributed by atoms with Gasteiger partial charge in [0, 0.05) is 37.6 Å². The molecule has 0 amide bonds. The van der Waals surface area contributed by atoms with Gasteiger partial charge in [-0.15, -0.1) is 0 Å². The van der Waals surface area contributed by atoms with E-state index < -0.39 is 0 Å². The fourth-order valence-electron chi connectivity index (χ4n) is 2.08. The standard InChI is InChI=1S/C16H14N2O2/c1-18(2)12-7-5-11(6-8-12)15-10-14-13(16(19)20-15)4-3-9-17-14/h3-10H,1-2H3. The Morgan fingerprint density at radius 3 is 2.55 bits per heavy atom. The summed E-state index contributed by atoms with van der Waals surface area (Å²) in [4.78, 5) is 18.2. The topological polar surface area (TPSA) is 46.3 Å². The molecule has 0 bridgehead atoms. The lowest BCUT2D eigenvalue weighted by molar-refractivity contribution is 0.534. The number of nitrogens with zero attached hydrogens (tertiary/aromatic N) is 2. The van der Waals surface area contributed by atoms with Crippen LogP contribution in [-0.2, 0) is 0 Å². The lowest BCUT2D eigenvalue weighted by atomic mass is 10.1. The van der Waals surface area contributed by atoms with Crippen LogP contribution in [0.25, 0.3) is 22.2 Å². The van der Waals surface area contributed by atoms with Crippen molar-refractivity contribution in [3.63, 3.8) is 0 Å². The second-order valence-electron chi connectivity index (χ2n) is 4.78. The van der Waals surface area contributed by atoms with Gasteiger partial charge in [-0.05, 0) is 36.4 Å². The fourth-order valence-corrected chi connectivity index (χ4v) is 2.08. The zero-order chi connectivity index (χ0) is 14.1. The molecule has 0 aliphatic heterocycles. The average molecular weight is 266 g/mol. The molecule has 4 heteroatoms. The third-order valence-corrected chi connectivity index (χ3v) is 3.20. The van der Waals surface area contributed by atoms with E-state index in [0.717, 1.165) is 11.3 Å². The van der Waals surface area contributed by atoms with Crippen LogP contribution < -0.4 is 10.5 Å². The van der Waals surface area contributed by atoms with E-state index in [1.54, 1.807) is 24.4 Å². The molecule has 0 spiro atoms. The summed E-state index contributed by atoms with van der Waals surface area (Å²) in [6, 6.07) is 13.1. The van der Waals surface area contributed by atoms with Crippen molar-refractivity contribution >= 4 is 16.6 Å². The number of aromatic nitrogens is 1. The molecule has 0 aliphatic rings. The van der Waals surface area contributed by atoms with Gasteiger partial charge in [-0.25, -0.2) is 4.79 Å². The summed E-state index contributed by atoms with van der Waals surface area (Å²) in [5.74, 6) is 0.534. The molecule has 4 nitrogen and oxygen atoms in total. The first kappa shape index (κ1) is 12.4. The molecule has 0 unspecified atom stereocenters. The van der Waals surface area contributed by atoms with Crippen LogP contribution in [0.15, 0.2) is 57.9 Å². The molecule has 0 saturated heterocycles. The molecule has 0 N–H and O–H groups in total. The molecule has 3 rings (SSSR count). The summed E-state index contributed by atoms with van der Waals surface area (Å²) in [6.07, 6.45) is 1.67. The third-order valence-electron chi connectivity index (χ3n) is 3.20. The number of pyridine rings is 1. The number of benzene rings is 1. The van der Waals surface area contributed by atoms with Crippen LogP contribution in [-0.4, -0.2) is 19.1 Å². The molecule has 1 aromatic carbocycles. The van der Waals surface area contributed by atoms with Crippen molar-refractivity contribution in [2.24, 2.45) is 0 Å². The average Bonchev–Trinajstić information content (AvgIpc) is 2.47.